The fraction of sp³-hybridized carbons (Fsp3) is 0.417. The van der Waals surface area contributed by atoms with Crippen molar-refractivity contribution in [3.05, 3.63) is 29.8 Å². The van der Waals surface area contributed by atoms with Crippen LogP contribution in [0, 0.1) is 0 Å². The average molecular weight is 250 g/mol. The summed E-state index contributed by atoms with van der Waals surface area (Å²) in [4.78, 5) is 11.5. The molecule has 0 atom stereocenters. The van der Waals surface area contributed by atoms with Gasteiger partial charge in [0, 0.05) is 12.1 Å². The van der Waals surface area contributed by atoms with E-state index in [0.717, 1.165) is 5.56 Å². The fourth-order valence-electron chi connectivity index (χ4n) is 1.30. The molecule has 18 heavy (non-hydrogen) atoms. The quantitative estimate of drug-likeness (QED) is 0.796. The number of rotatable bonds is 4. The van der Waals surface area contributed by atoms with Crippen LogP contribution in [0.2, 0.25) is 0 Å². The number of benzene rings is 1. The Morgan fingerprint density at radius 1 is 1.39 bits per heavy atom. The predicted octanol–water partition coefficient (Wildman–Crippen LogP) is 1.62. The van der Waals surface area contributed by atoms with Gasteiger partial charge in [0.05, 0.1) is 0 Å². The first-order chi connectivity index (χ1) is 8.42. The van der Waals surface area contributed by atoms with Gasteiger partial charge in [0.25, 0.3) is 0 Å². The van der Waals surface area contributed by atoms with Crippen molar-refractivity contribution in [1.29, 1.82) is 0 Å². The van der Waals surface area contributed by atoms with Gasteiger partial charge in [-0.15, -0.1) is 0 Å². The topological polar surface area (TPSA) is 67.8 Å². The number of nitrogens with one attached hydrogen (secondary N) is 1. The Labute approximate surface area is 107 Å². The third-order valence-electron chi connectivity index (χ3n) is 1.97. The van der Waals surface area contributed by atoms with Crippen LogP contribution < -0.4 is 9.97 Å². The Morgan fingerprint density at radius 2 is 2.06 bits per heavy atom. The highest BCUT2D eigenvalue weighted by atomic mass is 16.6. The van der Waals surface area contributed by atoms with Crippen LogP contribution in [0.5, 0.6) is 5.75 Å². The lowest BCUT2D eigenvalue weighted by Crippen LogP contribution is -2.32. The molecule has 1 amide bonds. The van der Waals surface area contributed by atoms with Gasteiger partial charge in [-0.05, 0) is 26.8 Å². The Kier molecular flexibility index (Phi) is 5.03. The van der Waals surface area contributed by atoms with Crippen molar-refractivity contribution in [2.24, 2.45) is 0 Å². The molecule has 0 saturated carbocycles. The van der Waals surface area contributed by atoms with Gasteiger partial charge in [-0.2, -0.15) is 0 Å². The molecule has 1 radical (unpaired) electrons. The van der Waals surface area contributed by atoms with E-state index in [2.05, 4.69) is 5.32 Å². The molecule has 1 aromatic rings. The maximum absolute atomic E-state index is 11.5. The first-order valence-electron chi connectivity index (χ1n) is 5.59. The van der Waals surface area contributed by atoms with E-state index >= 15 is 0 Å². The number of ether oxygens (including phenoxy) is 1. The highest BCUT2D eigenvalue weighted by Gasteiger charge is 2.16. The van der Waals surface area contributed by atoms with Crippen molar-refractivity contribution in [2.75, 3.05) is 0 Å². The Bertz CT molecular complexity index is 403. The Balaban J connectivity index is 2.55. The standard InChI is InChI=1S/C12H17BNO4/c1-12(2,3)17-11(15)14-8-9-6-4-5-7-10(9)18-13-16/h4-7,16H,8H2,1-3H3,(H,14,15). The molecule has 0 spiro atoms. The summed E-state index contributed by atoms with van der Waals surface area (Å²) in [5, 5.41) is 11.2. The minimum atomic E-state index is -0.529. The zero-order valence-electron chi connectivity index (χ0n) is 10.8. The van der Waals surface area contributed by atoms with Crippen molar-refractivity contribution in [1.82, 2.24) is 5.32 Å². The van der Waals surface area contributed by atoms with Gasteiger partial charge in [-0.3, -0.25) is 0 Å². The summed E-state index contributed by atoms with van der Waals surface area (Å²) >= 11 is 0. The van der Waals surface area contributed by atoms with Crippen LogP contribution in [-0.2, 0) is 11.3 Å². The molecule has 97 valence electrons. The highest BCUT2D eigenvalue weighted by Crippen LogP contribution is 2.17. The summed E-state index contributed by atoms with van der Waals surface area (Å²) in [6, 6.07) is 7.07. The minimum absolute atomic E-state index is 0.263. The maximum atomic E-state index is 11.5. The molecule has 0 saturated heterocycles. The van der Waals surface area contributed by atoms with E-state index < -0.39 is 11.7 Å². The second kappa shape index (κ2) is 6.30. The second-order valence-corrected chi connectivity index (χ2v) is 4.69. The van der Waals surface area contributed by atoms with Crippen LogP contribution in [0.1, 0.15) is 26.3 Å². The summed E-state index contributed by atoms with van der Waals surface area (Å²) in [6.07, 6.45) is -0.495. The van der Waals surface area contributed by atoms with Gasteiger partial charge in [-0.1, -0.05) is 18.2 Å². The van der Waals surface area contributed by atoms with Crippen molar-refractivity contribution < 1.29 is 19.2 Å². The van der Waals surface area contributed by atoms with Gasteiger partial charge in [-0.25, -0.2) is 4.79 Å². The van der Waals surface area contributed by atoms with Crippen LogP contribution in [0.4, 0.5) is 4.79 Å². The number of hydrogen-bond acceptors (Lipinski definition) is 4. The van der Waals surface area contributed by atoms with E-state index in [1.165, 1.54) is 0 Å². The molecular formula is C12H17BNO4. The molecule has 0 bridgehead atoms. The van der Waals surface area contributed by atoms with Gasteiger partial charge in [0.2, 0.25) is 0 Å². The molecule has 1 aromatic carbocycles. The van der Waals surface area contributed by atoms with Crippen molar-refractivity contribution in [3.8, 4) is 5.75 Å². The van der Waals surface area contributed by atoms with Gasteiger partial charge in [0.1, 0.15) is 11.4 Å². The predicted molar refractivity (Wildman–Crippen MR) is 68.1 cm³/mol. The third-order valence-corrected chi connectivity index (χ3v) is 1.97. The lowest BCUT2D eigenvalue weighted by Gasteiger charge is -2.20. The summed E-state index contributed by atoms with van der Waals surface area (Å²) in [5.41, 5.74) is 0.215. The smallest absolute Gasteiger partial charge is 0.537 e. The van der Waals surface area contributed by atoms with E-state index in [4.69, 9.17) is 14.4 Å². The molecule has 5 nitrogen and oxygen atoms in total. The number of hydrogen-bond donors (Lipinski definition) is 2. The number of para-hydroxylation sites is 1. The first kappa shape index (κ1) is 14.4. The molecule has 0 aliphatic rings. The Hall–Kier alpha value is -1.69. The zero-order chi connectivity index (χ0) is 13.6. The summed E-state index contributed by atoms with van der Waals surface area (Å²) in [5.74, 6) is 0.482. The van der Waals surface area contributed by atoms with Crippen molar-refractivity contribution in [3.63, 3.8) is 0 Å². The van der Waals surface area contributed by atoms with E-state index in [1.54, 1.807) is 39.0 Å². The largest absolute Gasteiger partial charge is 0.569 e. The molecule has 0 aliphatic carbocycles. The molecule has 6 heteroatoms. The summed E-state index contributed by atoms with van der Waals surface area (Å²) in [7, 11) is 0.603. The number of carbonyl (C=O) groups is 1. The second-order valence-electron chi connectivity index (χ2n) is 4.69. The maximum Gasteiger partial charge on any atom is 0.569 e. The van der Waals surface area contributed by atoms with Crippen LogP contribution in [0.15, 0.2) is 24.3 Å². The SMILES string of the molecule is CC(C)(C)OC(=O)NCc1ccccc1O[B]O. The molecule has 0 aliphatic heterocycles. The lowest BCUT2D eigenvalue weighted by molar-refractivity contribution is 0.0523. The molecule has 0 unspecified atom stereocenters. The molecule has 0 heterocycles. The molecular weight excluding hydrogens is 233 g/mol. The van der Waals surface area contributed by atoms with Crippen molar-refractivity contribution >= 4 is 13.8 Å². The normalized spacial score (nSPS) is 10.7. The summed E-state index contributed by atoms with van der Waals surface area (Å²) < 4.78 is 10.0. The minimum Gasteiger partial charge on any atom is -0.537 e. The Morgan fingerprint density at radius 3 is 2.67 bits per heavy atom. The van der Waals surface area contributed by atoms with Gasteiger partial charge < -0.3 is 19.7 Å². The zero-order valence-corrected chi connectivity index (χ0v) is 10.8. The van der Waals surface area contributed by atoms with Crippen LogP contribution >= 0.6 is 0 Å². The number of amides is 1. The molecule has 1 rings (SSSR count). The average Bonchev–Trinajstić information content (AvgIpc) is 2.26. The van der Waals surface area contributed by atoms with Gasteiger partial charge >= 0.3 is 13.8 Å². The monoisotopic (exact) mass is 250 g/mol. The van der Waals surface area contributed by atoms with Crippen LogP contribution in [-0.4, -0.2) is 24.4 Å². The van der Waals surface area contributed by atoms with Crippen molar-refractivity contribution in [2.45, 2.75) is 32.9 Å². The molecule has 2 N–H and O–H groups in total. The van der Waals surface area contributed by atoms with Gasteiger partial charge in [0.15, 0.2) is 0 Å². The fourth-order valence-corrected chi connectivity index (χ4v) is 1.30. The number of alkyl carbamates (subject to hydrolysis) is 1. The van der Waals surface area contributed by atoms with E-state index in [1.807, 2.05) is 6.07 Å². The molecule has 0 aromatic heterocycles. The van der Waals surface area contributed by atoms with E-state index in [9.17, 15) is 4.79 Å². The van der Waals surface area contributed by atoms with Crippen LogP contribution in [0.25, 0.3) is 0 Å². The lowest BCUT2D eigenvalue weighted by atomic mass is 10.2. The third kappa shape index (κ3) is 5.10. The first-order valence-corrected chi connectivity index (χ1v) is 5.59. The van der Waals surface area contributed by atoms with E-state index in [-0.39, 0.29) is 6.54 Å². The highest BCUT2D eigenvalue weighted by molar-refractivity contribution is 6.17. The van der Waals surface area contributed by atoms with E-state index in [0.29, 0.717) is 13.4 Å². The number of carbonyl (C=O) groups excluding carboxylic acids is 1. The summed E-state index contributed by atoms with van der Waals surface area (Å²) in [6.45, 7) is 5.65. The van der Waals surface area contributed by atoms with Crippen LogP contribution in [0.3, 0.4) is 0 Å². The molecule has 0 fully saturated rings.